The summed E-state index contributed by atoms with van der Waals surface area (Å²) in [6, 6.07) is 10.3. The Morgan fingerprint density at radius 1 is 1.29 bits per heavy atom. The van der Waals surface area contributed by atoms with E-state index in [0.29, 0.717) is 11.7 Å². The van der Waals surface area contributed by atoms with E-state index in [-0.39, 0.29) is 5.91 Å². The Balaban J connectivity index is 1.93. The van der Waals surface area contributed by atoms with Crippen LogP contribution in [0.25, 0.3) is 0 Å². The average Bonchev–Trinajstić information content (AvgIpc) is 2.94. The van der Waals surface area contributed by atoms with Gasteiger partial charge in [-0.15, -0.1) is 23.1 Å². The molecular formula is C17H21NOS2. The largest absolute Gasteiger partial charge is 0.325 e. The van der Waals surface area contributed by atoms with Gasteiger partial charge >= 0.3 is 0 Å². The van der Waals surface area contributed by atoms with E-state index in [9.17, 15) is 4.79 Å². The Kier molecular flexibility index (Phi) is 5.88. The summed E-state index contributed by atoms with van der Waals surface area (Å²) in [6.07, 6.45) is 0. The number of carbonyl (C=O) groups is 1. The summed E-state index contributed by atoms with van der Waals surface area (Å²) in [4.78, 5) is 13.5. The molecule has 0 atom stereocenters. The molecule has 2 rings (SSSR count). The van der Waals surface area contributed by atoms with Gasteiger partial charge in [-0.1, -0.05) is 38.1 Å². The zero-order valence-electron chi connectivity index (χ0n) is 12.7. The smallest absolute Gasteiger partial charge is 0.234 e. The Hall–Kier alpha value is -1.26. The first-order valence-electron chi connectivity index (χ1n) is 7.07. The van der Waals surface area contributed by atoms with E-state index in [2.05, 4.69) is 36.7 Å². The van der Waals surface area contributed by atoms with Gasteiger partial charge in [0.05, 0.1) is 5.75 Å². The van der Waals surface area contributed by atoms with Crippen LogP contribution in [0.5, 0.6) is 0 Å². The molecule has 1 amide bonds. The molecule has 0 spiro atoms. The first-order chi connectivity index (χ1) is 10.1. The SMILES string of the molecule is Cc1cccc(C(C)C)c1NC(=O)CSCc1cccs1. The number of aryl methyl sites for hydroxylation is 1. The lowest BCUT2D eigenvalue weighted by Crippen LogP contribution is -2.16. The molecule has 112 valence electrons. The van der Waals surface area contributed by atoms with Crippen molar-refractivity contribution in [1.29, 1.82) is 0 Å². The van der Waals surface area contributed by atoms with Crippen LogP contribution in [0, 0.1) is 6.92 Å². The number of para-hydroxylation sites is 1. The molecule has 1 heterocycles. The molecule has 0 unspecified atom stereocenters. The van der Waals surface area contributed by atoms with Crippen LogP contribution in [0.1, 0.15) is 35.8 Å². The van der Waals surface area contributed by atoms with Gasteiger partial charge in [0.15, 0.2) is 0 Å². The fourth-order valence-electron chi connectivity index (χ4n) is 2.16. The molecule has 0 bridgehead atoms. The highest BCUT2D eigenvalue weighted by Gasteiger charge is 2.12. The zero-order chi connectivity index (χ0) is 15.2. The standard InChI is InChI=1S/C17H21NOS2/c1-12(2)15-8-4-6-13(3)17(15)18-16(19)11-20-10-14-7-5-9-21-14/h4-9,12H,10-11H2,1-3H3,(H,18,19). The summed E-state index contributed by atoms with van der Waals surface area (Å²) in [5.41, 5.74) is 3.30. The van der Waals surface area contributed by atoms with Crippen molar-refractivity contribution in [2.45, 2.75) is 32.4 Å². The molecule has 1 aromatic carbocycles. The summed E-state index contributed by atoms with van der Waals surface area (Å²) in [5, 5.41) is 5.15. The Morgan fingerprint density at radius 3 is 2.76 bits per heavy atom. The maximum Gasteiger partial charge on any atom is 0.234 e. The van der Waals surface area contributed by atoms with Crippen molar-refractivity contribution in [2.24, 2.45) is 0 Å². The quantitative estimate of drug-likeness (QED) is 0.807. The number of thioether (sulfide) groups is 1. The van der Waals surface area contributed by atoms with Gasteiger partial charge in [0.25, 0.3) is 0 Å². The third-order valence-electron chi connectivity index (χ3n) is 3.25. The van der Waals surface area contributed by atoms with E-state index in [0.717, 1.165) is 17.0 Å². The molecule has 1 aromatic heterocycles. The van der Waals surface area contributed by atoms with Gasteiger partial charge in [-0.05, 0) is 35.4 Å². The van der Waals surface area contributed by atoms with Gasteiger partial charge < -0.3 is 5.32 Å². The summed E-state index contributed by atoms with van der Waals surface area (Å²) in [7, 11) is 0. The van der Waals surface area contributed by atoms with Crippen LogP contribution in [0.3, 0.4) is 0 Å². The highest BCUT2D eigenvalue weighted by molar-refractivity contribution is 7.99. The molecule has 0 aliphatic heterocycles. The van der Waals surface area contributed by atoms with Crippen molar-refractivity contribution in [3.63, 3.8) is 0 Å². The van der Waals surface area contributed by atoms with Crippen molar-refractivity contribution in [2.75, 3.05) is 11.1 Å². The Labute approximate surface area is 135 Å². The third-order valence-corrected chi connectivity index (χ3v) is 5.29. The molecule has 0 aliphatic rings. The lowest BCUT2D eigenvalue weighted by atomic mass is 9.98. The number of thiophene rings is 1. The molecule has 2 nitrogen and oxygen atoms in total. The minimum absolute atomic E-state index is 0.0766. The molecule has 21 heavy (non-hydrogen) atoms. The second kappa shape index (κ2) is 7.66. The van der Waals surface area contributed by atoms with Gasteiger partial charge in [-0.25, -0.2) is 0 Å². The summed E-state index contributed by atoms with van der Waals surface area (Å²) >= 11 is 3.39. The van der Waals surface area contributed by atoms with Gasteiger partial charge in [0, 0.05) is 16.3 Å². The van der Waals surface area contributed by atoms with Crippen molar-refractivity contribution >= 4 is 34.7 Å². The number of benzene rings is 1. The van der Waals surface area contributed by atoms with Crippen LogP contribution in [-0.2, 0) is 10.5 Å². The maximum absolute atomic E-state index is 12.1. The maximum atomic E-state index is 12.1. The molecule has 0 aliphatic carbocycles. The highest BCUT2D eigenvalue weighted by Crippen LogP contribution is 2.27. The molecule has 1 N–H and O–H groups in total. The van der Waals surface area contributed by atoms with Crippen molar-refractivity contribution in [3.05, 3.63) is 51.7 Å². The zero-order valence-corrected chi connectivity index (χ0v) is 14.3. The summed E-state index contributed by atoms with van der Waals surface area (Å²) in [5.74, 6) is 1.87. The van der Waals surface area contributed by atoms with Gasteiger partial charge in [0.2, 0.25) is 5.91 Å². The number of amides is 1. The molecule has 0 radical (unpaired) electrons. The van der Waals surface area contributed by atoms with Crippen LogP contribution in [0.2, 0.25) is 0 Å². The monoisotopic (exact) mass is 319 g/mol. The fourth-order valence-corrected chi connectivity index (χ4v) is 3.83. The molecule has 0 saturated carbocycles. The Morgan fingerprint density at radius 2 is 2.10 bits per heavy atom. The van der Waals surface area contributed by atoms with Gasteiger partial charge in [0.1, 0.15) is 0 Å². The second-order valence-corrected chi connectivity index (χ2v) is 7.33. The topological polar surface area (TPSA) is 29.1 Å². The van der Waals surface area contributed by atoms with Crippen LogP contribution < -0.4 is 5.32 Å². The molecule has 0 fully saturated rings. The second-order valence-electron chi connectivity index (χ2n) is 5.31. The highest BCUT2D eigenvalue weighted by atomic mass is 32.2. The summed E-state index contributed by atoms with van der Waals surface area (Å²) in [6.45, 7) is 6.34. The first kappa shape index (κ1) is 16.1. The molecular weight excluding hydrogens is 298 g/mol. The van der Waals surface area contributed by atoms with Crippen LogP contribution in [-0.4, -0.2) is 11.7 Å². The lowest BCUT2D eigenvalue weighted by Gasteiger charge is -2.16. The van der Waals surface area contributed by atoms with Crippen molar-refractivity contribution in [1.82, 2.24) is 0 Å². The molecule has 0 saturated heterocycles. The van der Waals surface area contributed by atoms with E-state index < -0.39 is 0 Å². The number of hydrogen-bond acceptors (Lipinski definition) is 3. The van der Waals surface area contributed by atoms with E-state index in [1.54, 1.807) is 23.1 Å². The average molecular weight is 319 g/mol. The molecule has 2 aromatic rings. The normalized spacial score (nSPS) is 10.9. The minimum atomic E-state index is 0.0766. The van der Waals surface area contributed by atoms with Crippen LogP contribution >= 0.6 is 23.1 Å². The van der Waals surface area contributed by atoms with Crippen LogP contribution in [0.15, 0.2) is 35.7 Å². The van der Waals surface area contributed by atoms with Crippen molar-refractivity contribution in [3.8, 4) is 0 Å². The Bertz CT molecular complexity index is 591. The van der Waals surface area contributed by atoms with Crippen LogP contribution in [0.4, 0.5) is 5.69 Å². The van der Waals surface area contributed by atoms with E-state index in [1.807, 2.05) is 25.1 Å². The number of hydrogen-bond donors (Lipinski definition) is 1. The third kappa shape index (κ3) is 4.61. The summed E-state index contributed by atoms with van der Waals surface area (Å²) < 4.78 is 0. The molecule has 4 heteroatoms. The van der Waals surface area contributed by atoms with Crippen molar-refractivity contribution < 1.29 is 4.79 Å². The fraction of sp³-hybridized carbons (Fsp3) is 0.353. The number of carbonyl (C=O) groups excluding carboxylic acids is 1. The van der Waals surface area contributed by atoms with E-state index >= 15 is 0 Å². The number of rotatable bonds is 6. The van der Waals surface area contributed by atoms with E-state index in [1.165, 1.54) is 10.4 Å². The first-order valence-corrected chi connectivity index (χ1v) is 9.11. The predicted octanol–water partition coefficient (Wildman–Crippen LogP) is 5.05. The lowest BCUT2D eigenvalue weighted by molar-refractivity contribution is -0.113. The number of anilines is 1. The number of nitrogens with one attached hydrogen (secondary N) is 1. The van der Waals surface area contributed by atoms with E-state index in [4.69, 9.17) is 0 Å². The minimum Gasteiger partial charge on any atom is -0.325 e. The predicted molar refractivity (Wildman–Crippen MR) is 94.4 cm³/mol. The van der Waals surface area contributed by atoms with Gasteiger partial charge in [-0.3, -0.25) is 4.79 Å². The van der Waals surface area contributed by atoms with Gasteiger partial charge in [-0.2, -0.15) is 0 Å².